The maximum absolute atomic E-state index is 12.5. The van der Waals surface area contributed by atoms with Gasteiger partial charge >= 0.3 is 0 Å². The first-order valence-corrected chi connectivity index (χ1v) is 18.4. The molecule has 10 nitrogen and oxygen atoms in total. The summed E-state index contributed by atoms with van der Waals surface area (Å²) in [6, 6.07) is 29.4. The van der Waals surface area contributed by atoms with Crippen molar-refractivity contribution in [3.8, 4) is 0 Å². The number of ether oxygens (including phenoxy) is 8. The molecule has 8 rings (SSSR count). The number of aliphatic hydroxyl groups is 1. The molecule has 5 fully saturated rings. The van der Waals surface area contributed by atoms with Crippen LogP contribution < -0.4 is 5.32 Å². The van der Waals surface area contributed by atoms with Gasteiger partial charge in [-0.15, -0.1) is 0 Å². The quantitative estimate of drug-likeness (QED) is 0.306. The summed E-state index contributed by atoms with van der Waals surface area (Å²) in [4.78, 5) is 0. The monoisotopic (exact) mass is 701 g/mol. The molecule has 5 aliphatic rings. The molecule has 1 unspecified atom stereocenters. The molecule has 0 aromatic heterocycles. The normalized spacial score (nSPS) is 38.3. The topological polar surface area (TPSA) is 106 Å². The van der Waals surface area contributed by atoms with Crippen molar-refractivity contribution in [1.82, 2.24) is 5.32 Å². The van der Waals surface area contributed by atoms with Gasteiger partial charge in [0, 0.05) is 29.5 Å². The van der Waals surface area contributed by atoms with Gasteiger partial charge in [0.15, 0.2) is 17.9 Å². The highest BCUT2D eigenvalue weighted by molar-refractivity contribution is 5.19. The minimum Gasteiger partial charge on any atom is -0.389 e. The molecule has 0 amide bonds. The summed E-state index contributed by atoms with van der Waals surface area (Å²) in [5, 5.41) is 16.4. The van der Waals surface area contributed by atoms with Gasteiger partial charge in [0.1, 0.15) is 24.4 Å². The van der Waals surface area contributed by atoms with Crippen molar-refractivity contribution < 1.29 is 43.0 Å². The van der Waals surface area contributed by atoms with Gasteiger partial charge in [0.05, 0.1) is 44.7 Å². The second-order valence-corrected chi connectivity index (χ2v) is 15.5. The zero-order chi connectivity index (χ0) is 35.2. The fraction of sp³-hybridized carbons (Fsp3) is 0.561. The van der Waals surface area contributed by atoms with Gasteiger partial charge < -0.3 is 48.3 Å². The minimum absolute atomic E-state index is 0.0826. The largest absolute Gasteiger partial charge is 0.389 e. The van der Waals surface area contributed by atoms with Gasteiger partial charge in [-0.3, -0.25) is 0 Å². The number of benzene rings is 3. The standard InChI is InChI=1S/C41H51NO9/c1-40(2)47-23-28-20-30(35-38(33(28)49-40)51-41(3,4)50-35)42-31-29-24-46-39(27-18-12-7-13-19-27)48-34(29)37(45-22-26-16-10-6-11-17-26)36(32(31)43)44-21-25-14-8-5-9-15-25/h5-19,28-39,42-43H,20-24H2,1-4H3/t28-,29+,30+,31+,32-,33-,34-,35+,36+,37+,38+,39?/m1/s1. The third-order valence-corrected chi connectivity index (χ3v) is 11.0. The molecule has 2 N–H and O–H groups in total. The van der Waals surface area contributed by atoms with Crippen molar-refractivity contribution in [3.05, 3.63) is 108 Å². The molecular formula is C41H51NO9. The highest BCUT2D eigenvalue weighted by Crippen LogP contribution is 2.46. The molecule has 12 atom stereocenters. The molecule has 3 aliphatic heterocycles. The van der Waals surface area contributed by atoms with Crippen LogP contribution in [0.3, 0.4) is 0 Å². The molecule has 0 spiro atoms. The average Bonchev–Trinajstić information content (AvgIpc) is 3.48. The Kier molecular flexibility index (Phi) is 10.1. The van der Waals surface area contributed by atoms with Crippen LogP contribution in [0.15, 0.2) is 91.0 Å². The van der Waals surface area contributed by atoms with E-state index in [1.54, 1.807) is 0 Å². The highest BCUT2D eigenvalue weighted by atomic mass is 16.8. The van der Waals surface area contributed by atoms with E-state index < -0.39 is 48.3 Å². The second-order valence-electron chi connectivity index (χ2n) is 15.5. The van der Waals surface area contributed by atoms with E-state index in [1.807, 2.05) is 119 Å². The molecule has 0 bridgehead atoms. The molecule has 3 aromatic rings. The Labute approximate surface area is 300 Å². The first-order valence-electron chi connectivity index (χ1n) is 18.4. The van der Waals surface area contributed by atoms with Crippen molar-refractivity contribution in [1.29, 1.82) is 0 Å². The van der Waals surface area contributed by atoms with Crippen LogP contribution >= 0.6 is 0 Å². The van der Waals surface area contributed by atoms with Crippen LogP contribution in [0, 0.1) is 11.8 Å². The first kappa shape index (κ1) is 35.3. The molecule has 274 valence electrons. The Hall–Kier alpha value is -2.74. The predicted molar refractivity (Wildman–Crippen MR) is 187 cm³/mol. The lowest BCUT2D eigenvalue weighted by molar-refractivity contribution is -0.321. The van der Waals surface area contributed by atoms with E-state index in [9.17, 15) is 5.11 Å². The number of rotatable bonds is 9. The minimum atomic E-state index is -0.958. The van der Waals surface area contributed by atoms with Crippen molar-refractivity contribution in [2.75, 3.05) is 13.2 Å². The van der Waals surface area contributed by atoms with E-state index in [1.165, 1.54) is 0 Å². The lowest BCUT2D eigenvalue weighted by Gasteiger charge is -2.54. The van der Waals surface area contributed by atoms with Crippen LogP contribution in [0.4, 0.5) is 0 Å². The van der Waals surface area contributed by atoms with Crippen molar-refractivity contribution in [2.24, 2.45) is 11.8 Å². The van der Waals surface area contributed by atoms with E-state index in [0.29, 0.717) is 26.4 Å². The molecule has 10 heteroatoms. The molecule has 3 heterocycles. The Balaban J connectivity index is 1.11. The third kappa shape index (κ3) is 7.55. The Bertz CT molecular complexity index is 1580. The van der Waals surface area contributed by atoms with E-state index in [2.05, 4.69) is 5.32 Å². The highest BCUT2D eigenvalue weighted by Gasteiger charge is 2.60. The molecular weight excluding hydrogens is 650 g/mol. The number of fused-ring (bicyclic) bond motifs is 4. The number of aliphatic hydroxyl groups excluding tert-OH is 1. The summed E-state index contributed by atoms with van der Waals surface area (Å²) in [5.41, 5.74) is 2.96. The van der Waals surface area contributed by atoms with Crippen molar-refractivity contribution >= 4 is 0 Å². The summed E-state index contributed by atoms with van der Waals surface area (Å²) in [7, 11) is 0. The fourth-order valence-corrected chi connectivity index (χ4v) is 8.62. The Morgan fingerprint density at radius 2 is 1.27 bits per heavy atom. The maximum Gasteiger partial charge on any atom is 0.184 e. The third-order valence-electron chi connectivity index (χ3n) is 11.0. The number of hydrogen-bond acceptors (Lipinski definition) is 10. The Morgan fingerprint density at radius 3 is 1.94 bits per heavy atom. The zero-order valence-electron chi connectivity index (χ0n) is 29.8. The van der Waals surface area contributed by atoms with Gasteiger partial charge in [-0.2, -0.15) is 0 Å². The summed E-state index contributed by atoms with van der Waals surface area (Å²) in [6.45, 7) is 9.33. The maximum atomic E-state index is 12.5. The molecule has 51 heavy (non-hydrogen) atoms. The summed E-state index contributed by atoms with van der Waals surface area (Å²) < 4.78 is 52.5. The zero-order valence-corrected chi connectivity index (χ0v) is 29.8. The van der Waals surface area contributed by atoms with E-state index >= 15 is 0 Å². The summed E-state index contributed by atoms with van der Waals surface area (Å²) in [6.07, 6.45) is -3.36. The van der Waals surface area contributed by atoms with Crippen LogP contribution in [0.5, 0.6) is 0 Å². The lowest BCUT2D eigenvalue weighted by Crippen LogP contribution is -2.72. The van der Waals surface area contributed by atoms with E-state index in [-0.39, 0.29) is 36.2 Å². The van der Waals surface area contributed by atoms with Crippen LogP contribution in [0.2, 0.25) is 0 Å². The average molecular weight is 702 g/mol. The predicted octanol–water partition coefficient (Wildman–Crippen LogP) is 5.28. The molecule has 3 saturated heterocycles. The summed E-state index contributed by atoms with van der Waals surface area (Å²) in [5.74, 6) is -1.68. The van der Waals surface area contributed by atoms with Crippen LogP contribution in [0.25, 0.3) is 0 Å². The molecule has 0 radical (unpaired) electrons. The lowest BCUT2D eigenvalue weighted by atomic mass is 9.73. The molecule has 3 aromatic carbocycles. The summed E-state index contributed by atoms with van der Waals surface area (Å²) >= 11 is 0. The molecule has 2 aliphatic carbocycles. The van der Waals surface area contributed by atoms with Crippen LogP contribution in [-0.2, 0) is 51.1 Å². The van der Waals surface area contributed by atoms with Crippen molar-refractivity contribution in [2.45, 2.75) is 120 Å². The Morgan fingerprint density at radius 1 is 0.686 bits per heavy atom. The van der Waals surface area contributed by atoms with Crippen LogP contribution in [0.1, 0.15) is 57.1 Å². The van der Waals surface area contributed by atoms with Crippen LogP contribution in [-0.4, -0.2) is 84.7 Å². The first-order chi connectivity index (χ1) is 24.6. The van der Waals surface area contributed by atoms with E-state index in [4.69, 9.17) is 37.9 Å². The smallest absolute Gasteiger partial charge is 0.184 e. The molecule has 2 saturated carbocycles. The van der Waals surface area contributed by atoms with Gasteiger partial charge in [-0.1, -0.05) is 91.0 Å². The number of hydrogen-bond donors (Lipinski definition) is 2. The van der Waals surface area contributed by atoms with Gasteiger partial charge in [0.25, 0.3) is 0 Å². The van der Waals surface area contributed by atoms with Crippen molar-refractivity contribution in [3.63, 3.8) is 0 Å². The van der Waals surface area contributed by atoms with E-state index in [0.717, 1.165) is 23.1 Å². The van der Waals surface area contributed by atoms with Gasteiger partial charge in [0.2, 0.25) is 0 Å². The SMILES string of the molecule is CC1(C)OC[C@H]2C[C@H](N[C@@H]3[C@@H](O)[C@H](OCc4ccccc4)[C@@H](OCc4ccccc4)[C@@H]4OC(c5ccccc5)OC[C@@H]34)[C@@H]3OC(C)(C)O[C@H]3[C@@H]2O1. The van der Waals surface area contributed by atoms with Gasteiger partial charge in [-0.25, -0.2) is 0 Å². The number of nitrogens with one attached hydrogen (secondary N) is 1. The van der Waals surface area contributed by atoms with Gasteiger partial charge in [-0.05, 0) is 45.2 Å². The fourth-order valence-electron chi connectivity index (χ4n) is 8.62. The second kappa shape index (κ2) is 14.6.